The molecule has 1 heterocycles. The normalized spacial score (nSPS) is 19.5. The number of carboxylic acid groups (broad SMARTS) is 1. The maximum Gasteiger partial charge on any atom is 0.495 e. The van der Waals surface area contributed by atoms with Crippen LogP contribution < -0.4 is 5.46 Å². The highest BCUT2D eigenvalue weighted by Gasteiger charge is 2.52. The Morgan fingerprint density at radius 1 is 1.19 bits per heavy atom. The molecular formula is C13H16BNO6. The van der Waals surface area contributed by atoms with Crippen LogP contribution in [-0.2, 0) is 9.31 Å². The molecule has 0 unspecified atom stereocenters. The van der Waals surface area contributed by atoms with Crippen LogP contribution in [0, 0.1) is 10.1 Å². The lowest BCUT2D eigenvalue weighted by molar-refractivity contribution is -0.384. The third-order valence-corrected chi connectivity index (χ3v) is 3.92. The number of hydrogen-bond acceptors (Lipinski definition) is 5. The van der Waals surface area contributed by atoms with Gasteiger partial charge in [-0.05, 0) is 39.2 Å². The highest BCUT2D eigenvalue weighted by Crippen LogP contribution is 2.36. The van der Waals surface area contributed by atoms with E-state index in [-0.39, 0.29) is 11.3 Å². The van der Waals surface area contributed by atoms with Crippen LogP contribution in [0.15, 0.2) is 18.2 Å². The van der Waals surface area contributed by atoms with E-state index in [4.69, 9.17) is 14.4 Å². The second-order valence-corrected chi connectivity index (χ2v) is 5.96. The maximum absolute atomic E-state index is 11.1. The van der Waals surface area contributed by atoms with Gasteiger partial charge in [-0.2, -0.15) is 0 Å². The van der Waals surface area contributed by atoms with Crippen molar-refractivity contribution in [3.63, 3.8) is 0 Å². The van der Waals surface area contributed by atoms with Gasteiger partial charge in [0.25, 0.3) is 5.69 Å². The van der Waals surface area contributed by atoms with Crippen molar-refractivity contribution in [3.8, 4) is 0 Å². The van der Waals surface area contributed by atoms with Crippen molar-refractivity contribution >= 4 is 24.2 Å². The number of nitrogens with zero attached hydrogens (tertiary/aromatic N) is 1. The molecule has 0 aromatic heterocycles. The lowest BCUT2D eigenvalue weighted by atomic mass is 9.78. The predicted molar refractivity (Wildman–Crippen MR) is 75.8 cm³/mol. The molecular weight excluding hydrogens is 277 g/mol. The molecule has 0 aliphatic carbocycles. The van der Waals surface area contributed by atoms with Crippen LogP contribution in [0.4, 0.5) is 5.69 Å². The van der Waals surface area contributed by atoms with E-state index in [1.807, 2.05) is 27.7 Å². The van der Waals surface area contributed by atoms with Gasteiger partial charge in [0.15, 0.2) is 0 Å². The number of carbonyl (C=O) groups is 1. The molecule has 1 fully saturated rings. The Hall–Kier alpha value is -1.93. The Labute approximate surface area is 122 Å². The summed E-state index contributed by atoms with van der Waals surface area (Å²) < 4.78 is 11.6. The van der Waals surface area contributed by atoms with Crippen molar-refractivity contribution in [1.82, 2.24) is 0 Å². The third kappa shape index (κ3) is 2.77. The van der Waals surface area contributed by atoms with E-state index in [0.717, 1.165) is 6.07 Å². The Balaban J connectivity index is 2.45. The monoisotopic (exact) mass is 293 g/mol. The molecule has 1 aliphatic rings. The Kier molecular flexibility index (Phi) is 3.55. The first kappa shape index (κ1) is 15.5. The van der Waals surface area contributed by atoms with Gasteiger partial charge in [-0.1, -0.05) is 0 Å². The van der Waals surface area contributed by atoms with Gasteiger partial charge in [-0.3, -0.25) is 10.1 Å². The van der Waals surface area contributed by atoms with E-state index >= 15 is 0 Å². The summed E-state index contributed by atoms with van der Waals surface area (Å²) in [5, 5.41) is 20.0. The lowest BCUT2D eigenvalue weighted by Gasteiger charge is -2.32. The SMILES string of the molecule is CC1(C)OB(c2cc(C(=O)O)cc([N+](=O)[O-])c2)OC1(C)C. The molecule has 0 amide bonds. The average molecular weight is 293 g/mol. The van der Waals surface area contributed by atoms with Gasteiger partial charge >= 0.3 is 13.1 Å². The summed E-state index contributed by atoms with van der Waals surface area (Å²) >= 11 is 0. The molecule has 0 spiro atoms. The van der Waals surface area contributed by atoms with Crippen molar-refractivity contribution in [2.45, 2.75) is 38.9 Å². The molecule has 8 heteroatoms. The molecule has 1 aliphatic heterocycles. The average Bonchev–Trinajstić information content (AvgIpc) is 2.58. The standard InChI is InChI=1S/C13H16BNO6/c1-12(2)13(3,4)21-14(20-12)9-5-8(11(16)17)6-10(7-9)15(18)19/h5-7H,1-4H3,(H,16,17). The number of nitro groups is 1. The van der Waals surface area contributed by atoms with E-state index in [9.17, 15) is 14.9 Å². The molecule has 0 saturated carbocycles. The molecule has 1 saturated heterocycles. The minimum Gasteiger partial charge on any atom is -0.478 e. The molecule has 1 aromatic carbocycles. The highest BCUT2D eigenvalue weighted by atomic mass is 16.7. The predicted octanol–water partition coefficient (Wildman–Crippen LogP) is 1.59. The first-order chi connectivity index (χ1) is 9.53. The largest absolute Gasteiger partial charge is 0.495 e. The van der Waals surface area contributed by atoms with Gasteiger partial charge in [0, 0.05) is 12.1 Å². The van der Waals surface area contributed by atoms with E-state index in [2.05, 4.69) is 0 Å². The summed E-state index contributed by atoms with van der Waals surface area (Å²) in [5.41, 5.74) is -1.37. The first-order valence-electron chi connectivity index (χ1n) is 6.42. The zero-order valence-electron chi connectivity index (χ0n) is 12.2. The van der Waals surface area contributed by atoms with Gasteiger partial charge in [-0.25, -0.2) is 4.79 Å². The number of rotatable bonds is 3. The van der Waals surface area contributed by atoms with Crippen molar-refractivity contribution in [3.05, 3.63) is 33.9 Å². The fourth-order valence-electron chi connectivity index (χ4n) is 1.98. The summed E-state index contributed by atoms with van der Waals surface area (Å²) in [6, 6.07) is 3.61. The quantitative estimate of drug-likeness (QED) is 0.516. The molecule has 2 rings (SSSR count). The number of carboxylic acids is 1. The van der Waals surface area contributed by atoms with Crippen LogP contribution in [0.3, 0.4) is 0 Å². The minimum absolute atomic E-state index is 0.172. The zero-order valence-corrected chi connectivity index (χ0v) is 12.2. The summed E-state index contributed by atoms with van der Waals surface area (Å²) in [7, 11) is -0.840. The Morgan fingerprint density at radius 3 is 2.14 bits per heavy atom. The van der Waals surface area contributed by atoms with Crippen molar-refractivity contribution in [2.75, 3.05) is 0 Å². The molecule has 0 bridgehead atoms. The molecule has 112 valence electrons. The highest BCUT2D eigenvalue weighted by molar-refractivity contribution is 6.62. The Bertz CT molecular complexity index is 564. The number of benzene rings is 1. The van der Waals surface area contributed by atoms with Gasteiger partial charge < -0.3 is 14.4 Å². The number of hydrogen-bond donors (Lipinski definition) is 1. The number of aromatic carboxylic acids is 1. The minimum atomic E-state index is -1.24. The van der Waals surface area contributed by atoms with Crippen molar-refractivity contribution in [1.29, 1.82) is 0 Å². The lowest BCUT2D eigenvalue weighted by Crippen LogP contribution is -2.41. The molecule has 1 aromatic rings. The third-order valence-electron chi connectivity index (χ3n) is 3.92. The summed E-state index contributed by atoms with van der Waals surface area (Å²) in [6.07, 6.45) is 0. The molecule has 7 nitrogen and oxygen atoms in total. The van der Waals surface area contributed by atoms with Crippen LogP contribution in [0.2, 0.25) is 0 Å². The summed E-state index contributed by atoms with van der Waals surface area (Å²) in [6.45, 7) is 7.40. The van der Waals surface area contributed by atoms with Crippen LogP contribution in [0.5, 0.6) is 0 Å². The van der Waals surface area contributed by atoms with Crippen LogP contribution in [-0.4, -0.2) is 34.3 Å². The zero-order chi connectivity index (χ0) is 16.0. The van der Waals surface area contributed by atoms with Crippen LogP contribution >= 0.6 is 0 Å². The second-order valence-electron chi connectivity index (χ2n) is 5.96. The van der Waals surface area contributed by atoms with E-state index in [0.29, 0.717) is 5.46 Å². The molecule has 0 radical (unpaired) electrons. The van der Waals surface area contributed by atoms with Gasteiger partial charge in [0.2, 0.25) is 0 Å². The molecule has 0 atom stereocenters. The summed E-state index contributed by atoms with van der Waals surface area (Å²) in [4.78, 5) is 21.4. The number of nitro benzene ring substituents is 1. The number of non-ortho nitro benzene ring substituents is 1. The smallest absolute Gasteiger partial charge is 0.478 e. The van der Waals surface area contributed by atoms with Crippen LogP contribution in [0.1, 0.15) is 38.1 Å². The van der Waals surface area contributed by atoms with E-state index < -0.39 is 29.2 Å². The second kappa shape index (κ2) is 4.82. The van der Waals surface area contributed by atoms with Gasteiger partial charge in [-0.15, -0.1) is 0 Å². The van der Waals surface area contributed by atoms with Crippen molar-refractivity contribution in [2.24, 2.45) is 0 Å². The van der Waals surface area contributed by atoms with E-state index in [1.54, 1.807) is 0 Å². The first-order valence-corrected chi connectivity index (χ1v) is 6.42. The molecule has 1 N–H and O–H groups in total. The summed E-state index contributed by atoms with van der Waals surface area (Å²) in [5.74, 6) is -1.24. The molecule has 21 heavy (non-hydrogen) atoms. The fraction of sp³-hybridized carbons (Fsp3) is 0.462. The topological polar surface area (TPSA) is 98.9 Å². The fourth-order valence-corrected chi connectivity index (χ4v) is 1.98. The Morgan fingerprint density at radius 2 is 1.71 bits per heavy atom. The van der Waals surface area contributed by atoms with Crippen LogP contribution in [0.25, 0.3) is 0 Å². The van der Waals surface area contributed by atoms with Gasteiger partial charge in [0.05, 0.1) is 21.7 Å². The van der Waals surface area contributed by atoms with Crippen molar-refractivity contribution < 1.29 is 24.1 Å². The van der Waals surface area contributed by atoms with Gasteiger partial charge in [0.1, 0.15) is 0 Å². The van der Waals surface area contributed by atoms with E-state index in [1.165, 1.54) is 12.1 Å². The maximum atomic E-state index is 11.1.